The predicted octanol–water partition coefficient (Wildman–Crippen LogP) is 3.70. The second-order valence-corrected chi connectivity index (χ2v) is 11.1. The van der Waals surface area contributed by atoms with Crippen LogP contribution in [0.15, 0.2) is 29.2 Å². The molecule has 3 heterocycles. The Balaban J connectivity index is 1.62. The van der Waals surface area contributed by atoms with Crippen molar-refractivity contribution >= 4 is 16.0 Å². The second-order valence-electron chi connectivity index (χ2n) is 9.18. The first kappa shape index (κ1) is 24.3. The number of carbonyl (C=O) groups is 1. The SMILES string of the molecule is O=C(O)CCC[C@@H]1[C@H]2CCCN3CCC[C@@H](CN1S(=O)(=O)c1ccc(OC(F)(F)F)cc1)[C@@H]23. The number of nitrogens with zero attached hydrogens (tertiary/aromatic N) is 2. The third kappa shape index (κ3) is 5.30. The molecule has 0 aromatic heterocycles. The lowest BCUT2D eigenvalue weighted by molar-refractivity contribution is -0.274. The number of rotatable bonds is 7. The summed E-state index contributed by atoms with van der Waals surface area (Å²) in [6.07, 6.45) is -0.260. The summed E-state index contributed by atoms with van der Waals surface area (Å²) in [5.41, 5.74) is 0. The Labute approximate surface area is 191 Å². The van der Waals surface area contributed by atoms with Crippen LogP contribution in [0.3, 0.4) is 0 Å². The number of benzene rings is 1. The molecule has 0 radical (unpaired) electrons. The number of carboxylic acids is 1. The van der Waals surface area contributed by atoms with E-state index in [9.17, 15) is 26.4 Å². The molecule has 33 heavy (non-hydrogen) atoms. The summed E-state index contributed by atoms with van der Waals surface area (Å²) in [4.78, 5) is 13.5. The Morgan fingerprint density at radius 3 is 2.42 bits per heavy atom. The van der Waals surface area contributed by atoms with E-state index in [0.29, 0.717) is 25.4 Å². The number of carboxylic acid groups (broad SMARTS) is 1. The molecule has 11 heteroatoms. The maximum Gasteiger partial charge on any atom is 0.573 e. The molecule has 0 unspecified atom stereocenters. The van der Waals surface area contributed by atoms with Gasteiger partial charge in [-0.15, -0.1) is 13.2 Å². The van der Waals surface area contributed by atoms with Crippen LogP contribution in [0, 0.1) is 11.8 Å². The van der Waals surface area contributed by atoms with Crippen LogP contribution in [0.25, 0.3) is 0 Å². The van der Waals surface area contributed by atoms with E-state index < -0.39 is 28.1 Å². The fourth-order valence-electron chi connectivity index (χ4n) is 6.00. The van der Waals surface area contributed by atoms with Crippen molar-refractivity contribution in [3.05, 3.63) is 24.3 Å². The van der Waals surface area contributed by atoms with Gasteiger partial charge in [0, 0.05) is 25.0 Å². The monoisotopic (exact) mass is 490 g/mol. The third-order valence-electron chi connectivity index (χ3n) is 7.18. The summed E-state index contributed by atoms with van der Waals surface area (Å²) in [5.74, 6) is -1.08. The molecule has 0 spiro atoms. The molecule has 3 aliphatic heterocycles. The highest BCUT2D eigenvalue weighted by Gasteiger charge is 2.51. The summed E-state index contributed by atoms with van der Waals surface area (Å²) in [6.45, 7) is 2.36. The second kappa shape index (κ2) is 9.42. The van der Waals surface area contributed by atoms with Crippen LogP contribution in [-0.4, -0.2) is 66.8 Å². The molecule has 1 aromatic carbocycles. The molecule has 4 atom stereocenters. The average molecular weight is 491 g/mol. The normalized spacial score (nSPS) is 28.8. The molecule has 0 saturated carbocycles. The first-order valence-corrected chi connectivity index (χ1v) is 12.8. The molecule has 0 amide bonds. The maximum absolute atomic E-state index is 13.7. The quantitative estimate of drug-likeness (QED) is 0.627. The summed E-state index contributed by atoms with van der Waals surface area (Å²) in [7, 11) is -3.98. The topological polar surface area (TPSA) is 87.2 Å². The van der Waals surface area contributed by atoms with Gasteiger partial charge < -0.3 is 9.84 Å². The lowest BCUT2D eigenvalue weighted by Gasteiger charge is -2.57. The fraction of sp³-hybridized carbons (Fsp3) is 0.682. The first-order chi connectivity index (χ1) is 15.6. The minimum atomic E-state index is -4.86. The van der Waals surface area contributed by atoms with E-state index in [-0.39, 0.29) is 29.2 Å². The molecule has 1 aromatic rings. The molecule has 4 rings (SSSR count). The molecule has 0 aliphatic carbocycles. The van der Waals surface area contributed by atoms with E-state index in [0.717, 1.165) is 63.0 Å². The van der Waals surface area contributed by atoms with Crippen molar-refractivity contribution in [3.63, 3.8) is 0 Å². The lowest BCUT2D eigenvalue weighted by atomic mass is 9.70. The van der Waals surface area contributed by atoms with Crippen molar-refractivity contribution in [1.29, 1.82) is 0 Å². The molecule has 1 N–H and O–H groups in total. The first-order valence-electron chi connectivity index (χ1n) is 11.4. The Morgan fingerprint density at radius 1 is 1.12 bits per heavy atom. The molecule has 3 saturated heterocycles. The zero-order valence-electron chi connectivity index (χ0n) is 18.2. The Kier molecular flexibility index (Phi) is 6.93. The van der Waals surface area contributed by atoms with Crippen molar-refractivity contribution in [2.75, 3.05) is 19.6 Å². The average Bonchev–Trinajstić information content (AvgIpc) is 2.74. The van der Waals surface area contributed by atoms with Crippen LogP contribution >= 0.6 is 0 Å². The zero-order valence-corrected chi connectivity index (χ0v) is 19.0. The highest BCUT2D eigenvalue weighted by molar-refractivity contribution is 7.89. The van der Waals surface area contributed by atoms with Gasteiger partial charge in [-0.1, -0.05) is 0 Å². The van der Waals surface area contributed by atoms with Gasteiger partial charge in [-0.3, -0.25) is 9.69 Å². The van der Waals surface area contributed by atoms with Crippen molar-refractivity contribution in [1.82, 2.24) is 9.21 Å². The van der Waals surface area contributed by atoms with Crippen molar-refractivity contribution < 1.29 is 36.2 Å². The number of piperidine rings is 3. The van der Waals surface area contributed by atoms with Crippen molar-refractivity contribution in [3.8, 4) is 5.75 Å². The Bertz CT molecular complexity index is 952. The van der Waals surface area contributed by atoms with Crippen LogP contribution in [0.5, 0.6) is 5.75 Å². The molecule has 3 fully saturated rings. The highest BCUT2D eigenvalue weighted by atomic mass is 32.2. The minimum Gasteiger partial charge on any atom is -0.481 e. The summed E-state index contributed by atoms with van der Waals surface area (Å²) >= 11 is 0. The van der Waals surface area contributed by atoms with E-state index in [1.54, 1.807) is 0 Å². The number of sulfonamides is 1. The summed E-state index contributed by atoms with van der Waals surface area (Å²) in [6, 6.07) is 4.28. The largest absolute Gasteiger partial charge is 0.573 e. The van der Waals surface area contributed by atoms with Gasteiger partial charge in [0.1, 0.15) is 5.75 Å². The fourth-order valence-corrected chi connectivity index (χ4v) is 7.76. The Hall–Kier alpha value is -1.85. The third-order valence-corrected chi connectivity index (χ3v) is 9.08. The number of halogens is 3. The number of aliphatic carboxylic acids is 1. The van der Waals surface area contributed by atoms with Crippen molar-refractivity contribution in [2.45, 2.75) is 68.3 Å². The summed E-state index contributed by atoms with van der Waals surface area (Å²) in [5, 5.41) is 9.09. The zero-order chi connectivity index (χ0) is 23.8. The number of ether oxygens (including phenoxy) is 1. The van der Waals surface area contributed by atoms with E-state index in [1.807, 2.05) is 0 Å². The molecule has 0 bridgehead atoms. The van der Waals surface area contributed by atoms with E-state index in [1.165, 1.54) is 4.31 Å². The van der Waals surface area contributed by atoms with Gasteiger partial charge in [-0.2, -0.15) is 4.31 Å². The maximum atomic E-state index is 13.7. The molecular formula is C22H29F3N2O5S. The van der Waals surface area contributed by atoms with Gasteiger partial charge in [0.15, 0.2) is 0 Å². The smallest absolute Gasteiger partial charge is 0.481 e. The highest BCUT2D eigenvalue weighted by Crippen LogP contribution is 2.45. The van der Waals surface area contributed by atoms with Gasteiger partial charge in [-0.25, -0.2) is 8.42 Å². The van der Waals surface area contributed by atoms with E-state index in [2.05, 4.69) is 9.64 Å². The van der Waals surface area contributed by atoms with Gasteiger partial charge in [-0.05, 0) is 87.7 Å². The van der Waals surface area contributed by atoms with Gasteiger partial charge >= 0.3 is 12.3 Å². The Morgan fingerprint density at radius 2 is 1.79 bits per heavy atom. The van der Waals surface area contributed by atoms with Crippen LogP contribution in [0.1, 0.15) is 44.9 Å². The molecule has 7 nitrogen and oxygen atoms in total. The molecule has 3 aliphatic rings. The number of hydrogen-bond donors (Lipinski definition) is 1. The van der Waals surface area contributed by atoms with E-state index >= 15 is 0 Å². The number of hydrogen-bond acceptors (Lipinski definition) is 5. The van der Waals surface area contributed by atoms with Gasteiger partial charge in [0.2, 0.25) is 10.0 Å². The van der Waals surface area contributed by atoms with Crippen LogP contribution in [0.4, 0.5) is 13.2 Å². The van der Waals surface area contributed by atoms with Crippen molar-refractivity contribution in [2.24, 2.45) is 11.8 Å². The van der Waals surface area contributed by atoms with Gasteiger partial charge in [0.05, 0.1) is 4.90 Å². The molecule has 184 valence electrons. The number of alkyl halides is 3. The van der Waals surface area contributed by atoms with Crippen LogP contribution < -0.4 is 4.74 Å². The lowest BCUT2D eigenvalue weighted by Crippen LogP contribution is -2.65. The molecular weight excluding hydrogens is 461 g/mol. The minimum absolute atomic E-state index is 0.0294. The van der Waals surface area contributed by atoms with E-state index in [4.69, 9.17) is 5.11 Å². The standard InChI is InChI=1S/C22H29F3N2O5S/c23-22(24,25)32-16-8-10-17(11-9-16)33(30,31)27-14-15-4-2-12-26-13-3-5-18(21(15)26)19(27)6-1-7-20(28)29/h8-11,15,18-19,21H,1-7,12-14H2,(H,28,29)/t15-,18+,19+,21-/m0/s1. The predicted molar refractivity (Wildman–Crippen MR) is 113 cm³/mol. The van der Waals surface area contributed by atoms with Crippen LogP contribution in [-0.2, 0) is 14.8 Å². The van der Waals surface area contributed by atoms with Crippen LogP contribution in [0.2, 0.25) is 0 Å². The van der Waals surface area contributed by atoms with Gasteiger partial charge in [0.25, 0.3) is 0 Å². The summed E-state index contributed by atoms with van der Waals surface area (Å²) < 4.78 is 70.1.